The van der Waals surface area contributed by atoms with Gasteiger partial charge in [0.15, 0.2) is 5.54 Å². The molecule has 220 valence electrons. The van der Waals surface area contributed by atoms with Gasteiger partial charge in [-0.25, -0.2) is 18.2 Å². The zero-order chi connectivity index (χ0) is 30.5. The summed E-state index contributed by atoms with van der Waals surface area (Å²) in [5.74, 6) is -5.48. The van der Waals surface area contributed by atoms with Crippen molar-refractivity contribution in [1.82, 2.24) is 15.3 Å². The number of pyridine rings is 2. The van der Waals surface area contributed by atoms with Crippen LogP contribution in [0.2, 0.25) is 5.02 Å². The van der Waals surface area contributed by atoms with E-state index in [-0.39, 0.29) is 36.3 Å². The maximum absolute atomic E-state index is 14.7. The number of hydrogen-bond acceptors (Lipinski definition) is 6. The molecule has 0 spiro atoms. The fourth-order valence-electron chi connectivity index (χ4n) is 6.29. The Morgan fingerprint density at radius 1 is 1.14 bits per heavy atom. The fraction of sp³-hybridized carbons (Fsp3) is 0.333. The van der Waals surface area contributed by atoms with Crippen LogP contribution in [-0.2, 0) is 26.3 Å². The van der Waals surface area contributed by atoms with Crippen molar-refractivity contribution in [3.8, 4) is 6.07 Å². The lowest BCUT2D eigenvalue weighted by atomic mass is 9.83. The summed E-state index contributed by atoms with van der Waals surface area (Å²) < 4.78 is 42.2. The lowest BCUT2D eigenvalue weighted by Gasteiger charge is -2.44. The van der Waals surface area contributed by atoms with Crippen LogP contribution in [0.1, 0.15) is 48.8 Å². The molecule has 0 radical (unpaired) electrons. The Labute approximate surface area is 249 Å². The van der Waals surface area contributed by atoms with Crippen LogP contribution in [0.5, 0.6) is 0 Å². The molecule has 1 saturated carbocycles. The molecule has 1 N–H and O–H groups in total. The smallest absolute Gasteiger partial charge is 0.252 e. The number of halogens is 4. The van der Waals surface area contributed by atoms with E-state index in [0.29, 0.717) is 22.6 Å². The summed E-state index contributed by atoms with van der Waals surface area (Å²) in [4.78, 5) is 52.6. The number of amides is 3. The van der Waals surface area contributed by atoms with E-state index in [4.69, 9.17) is 11.6 Å². The molecule has 9 nitrogen and oxygen atoms in total. The van der Waals surface area contributed by atoms with Crippen LogP contribution < -0.4 is 15.1 Å². The number of rotatable bonds is 6. The maximum atomic E-state index is 14.7. The standard InChI is InChI=1S/C30H24ClF3N6O3/c31-19-1-2-23-18(10-19)5-7-30(23,28(43)38-21-12-29(33,34)13-21)40(22-11-20(32)15-36-16-22)27(42)24-3-4-26(41)39(24)25-9-17(14-35)6-8-37-25/h1-2,6,8-11,15-16,21,24H,3-5,7,12-13H2,(H,38,43)/t24-,30?/m0/s1. The number of fused-ring (bicyclic) bond motifs is 1. The van der Waals surface area contributed by atoms with Gasteiger partial charge >= 0.3 is 0 Å². The van der Waals surface area contributed by atoms with Crippen molar-refractivity contribution in [3.05, 3.63) is 82.5 Å². The third kappa shape index (κ3) is 4.97. The minimum Gasteiger partial charge on any atom is -0.351 e. The van der Waals surface area contributed by atoms with Crippen molar-refractivity contribution in [1.29, 1.82) is 5.26 Å². The average Bonchev–Trinajstić information content (AvgIpc) is 3.53. The van der Waals surface area contributed by atoms with E-state index >= 15 is 0 Å². The number of benzene rings is 1. The summed E-state index contributed by atoms with van der Waals surface area (Å²) >= 11 is 6.26. The van der Waals surface area contributed by atoms with Crippen molar-refractivity contribution in [3.63, 3.8) is 0 Å². The highest BCUT2D eigenvalue weighted by Gasteiger charge is 2.57. The van der Waals surface area contributed by atoms with E-state index in [1.54, 1.807) is 18.2 Å². The Balaban J connectivity index is 1.50. The molecule has 3 heterocycles. The van der Waals surface area contributed by atoms with Gasteiger partial charge in [0.05, 0.1) is 29.7 Å². The first-order chi connectivity index (χ1) is 20.5. The van der Waals surface area contributed by atoms with Gasteiger partial charge in [-0.15, -0.1) is 0 Å². The number of nitrogens with zero attached hydrogens (tertiary/aromatic N) is 5. The molecule has 3 aliphatic rings. The van der Waals surface area contributed by atoms with Crippen LogP contribution in [-0.4, -0.2) is 45.7 Å². The van der Waals surface area contributed by atoms with Gasteiger partial charge in [-0.1, -0.05) is 17.7 Å². The van der Waals surface area contributed by atoms with Crippen molar-refractivity contribution in [2.75, 3.05) is 9.80 Å². The number of anilines is 2. The topological polar surface area (TPSA) is 119 Å². The van der Waals surface area contributed by atoms with E-state index in [0.717, 1.165) is 17.2 Å². The molecule has 43 heavy (non-hydrogen) atoms. The normalized spacial score (nSPS) is 22.4. The molecule has 1 saturated heterocycles. The third-order valence-corrected chi connectivity index (χ3v) is 8.47. The van der Waals surface area contributed by atoms with Gasteiger partial charge in [0.25, 0.3) is 17.7 Å². The lowest BCUT2D eigenvalue weighted by Crippen LogP contribution is -2.64. The molecule has 13 heteroatoms. The zero-order valence-corrected chi connectivity index (χ0v) is 23.3. The molecular formula is C30H24ClF3N6O3. The highest BCUT2D eigenvalue weighted by molar-refractivity contribution is 6.30. The molecule has 1 aromatic carbocycles. The zero-order valence-electron chi connectivity index (χ0n) is 22.6. The number of nitrogens with one attached hydrogen (secondary N) is 1. The number of hydrogen-bond donors (Lipinski definition) is 1. The highest BCUT2D eigenvalue weighted by atomic mass is 35.5. The first-order valence-corrected chi connectivity index (χ1v) is 14.0. The predicted molar refractivity (Wildman–Crippen MR) is 149 cm³/mol. The summed E-state index contributed by atoms with van der Waals surface area (Å²) in [5.41, 5.74) is -0.585. The van der Waals surface area contributed by atoms with Gasteiger partial charge in [-0.3, -0.25) is 29.2 Å². The van der Waals surface area contributed by atoms with Crippen molar-refractivity contribution in [2.24, 2.45) is 0 Å². The Morgan fingerprint density at radius 2 is 1.93 bits per heavy atom. The quantitative estimate of drug-likeness (QED) is 0.442. The second-order valence-corrected chi connectivity index (χ2v) is 11.4. The number of alkyl halides is 2. The molecule has 6 rings (SSSR count). The number of carbonyl (C=O) groups excluding carboxylic acids is 3. The SMILES string of the molecule is N#Cc1ccnc(N2C(=O)CC[C@H]2C(=O)N(c2cncc(F)c2)C2(C(=O)NC3CC(F)(F)C3)CCc3cc(Cl)ccc32)c1. The van der Waals surface area contributed by atoms with Crippen LogP contribution in [0.3, 0.4) is 0 Å². The molecule has 2 fully saturated rings. The van der Waals surface area contributed by atoms with E-state index in [2.05, 4.69) is 15.3 Å². The number of carbonyl (C=O) groups is 3. The van der Waals surface area contributed by atoms with E-state index in [1.165, 1.54) is 29.4 Å². The number of nitriles is 1. The van der Waals surface area contributed by atoms with Crippen molar-refractivity contribution in [2.45, 2.75) is 62.1 Å². The summed E-state index contributed by atoms with van der Waals surface area (Å²) in [6.45, 7) is 0. The number of aryl methyl sites for hydroxylation is 1. The van der Waals surface area contributed by atoms with E-state index in [1.807, 2.05) is 6.07 Å². The molecule has 2 aliphatic carbocycles. The minimum atomic E-state index is -2.91. The van der Waals surface area contributed by atoms with Crippen LogP contribution in [0, 0.1) is 17.1 Å². The van der Waals surface area contributed by atoms with Crippen molar-refractivity contribution < 1.29 is 27.6 Å². The predicted octanol–water partition coefficient (Wildman–Crippen LogP) is 4.42. The minimum absolute atomic E-state index is 0.0212. The first-order valence-electron chi connectivity index (χ1n) is 13.6. The lowest BCUT2D eigenvalue weighted by molar-refractivity contribution is -0.137. The number of aromatic nitrogens is 2. The molecule has 2 aromatic heterocycles. The summed E-state index contributed by atoms with van der Waals surface area (Å²) in [6.07, 6.45) is 2.78. The van der Waals surface area contributed by atoms with Gasteiger partial charge in [0.1, 0.15) is 17.7 Å². The molecular weight excluding hydrogens is 585 g/mol. The van der Waals surface area contributed by atoms with Gasteiger partial charge in [0.2, 0.25) is 5.91 Å². The van der Waals surface area contributed by atoms with Gasteiger partial charge in [-0.2, -0.15) is 5.26 Å². The summed E-state index contributed by atoms with van der Waals surface area (Å²) in [6, 6.07) is 8.68. The maximum Gasteiger partial charge on any atom is 0.252 e. The summed E-state index contributed by atoms with van der Waals surface area (Å²) in [5, 5.41) is 12.5. The molecule has 2 atom stereocenters. The average molecular weight is 609 g/mol. The second-order valence-electron chi connectivity index (χ2n) is 11.0. The third-order valence-electron chi connectivity index (χ3n) is 8.24. The second kappa shape index (κ2) is 10.6. The Bertz CT molecular complexity index is 1690. The van der Waals surface area contributed by atoms with Crippen LogP contribution in [0.15, 0.2) is 55.0 Å². The van der Waals surface area contributed by atoms with E-state index < -0.39 is 59.9 Å². The molecule has 3 amide bonds. The molecule has 0 bridgehead atoms. The van der Waals surface area contributed by atoms with Crippen LogP contribution >= 0.6 is 11.6 Å². The fourth-order valence-corrected chi connectivity index (χ4v) is 6.49. The first kappa shape index (κ1) is 28.6. The molecule has 1 aliphatic heterocycles. The Hall–Kier alpha value is -4.50. The highest BCUT2D eigenvalue weighted by Crippen LogP contribution is 2.47. The monoisotopic (exact) mass is 608 g/mol. The molecule has 1 unspecified atom stereocenters. The summed E-state index contributed by atoms with van der Waals surface area (Å²) in [7, 11) is 0. The van der Waals surface area contributed by atoms with Gasteiger partial charge in [0, 0.05) is 42.6 Å². The molecule has 3 aromatic rings. The Morgan fingerprint density at radius 3 is 2.65 bits per heavy atom. The van der Waals surface area contributed by atoms with Gasteiger partial charge in [-0.05, 0) is 54.7 Å². The largest absolute Gasteiger partial charge is 0.351 e. The Kier molecular flexibility index (Phi) is 7.08. The van der Waals surface area contributed by atoms with Crippen LogP contribution in [0.4, 0.5) is 24.7 Å². The van der Waals surface area contributed by atoms with E-state index in [9.17, 15) is 32.8 Å². The van der Waals surface area contributed by atoms with Gasteiger partial charge < -0.3 is 5.32 Å². The van der Waals surface area contributed by atoms with Crippen LogP contribution in [0.25, 0.3) is 0 Å². The van der Waals surface area contributed by atoms with Crippen molar-refractivity contribution >= 4 is 40.8 Å².